The molecular formula is C22H24ClN5O2S. The summed E-state index contributed by atoms with van der Waals surface area (Å²) < 4.78 is 7.14. The third kappa shape index (κ3) is 4.09. The van der Waals surface area contributed by atoms with Gasteiger partial charge in [0, 0.05) is 12.1 Å². The lowest BCUT2D eigenvalue weighted by Gasteiger charge is -2.33. The van der Waals surface area contributed by atoms with E-state index >= 15 is 0 Å². The molecule has 3 aromatic rings. The molecule has 0 bridgehead atoms. The van der Waals surface area contributed by atoms with Crippen molar-refractivity contribution in [1.82, 2.24) is 14.9 Å². The number of methoxy groups -OCH3 is 1. The molecule has 2 atom stereocenters. The first-order valence-electron chi connectivity index (χ1n) is 10.0. The highest BCUT2D eigenvalue weighted by atomic mass is 35.5. The van der Waals surface area contributed by atoms with Gasteiger partial charge in [-0.05, 0) is 48.7 Å². The maximum atomic E-state index is 13.4. The highest BCUT2D eigenvalue weighted by Gasteiger charge is 2.38. The second kappa shape index (κ2) is 8.80. The molecule has 0 fully saturated rings. The Hall–Kier alpha value is -2.71. The van der Waals surface area contributed by atoms with Gasteiger partial charge in [-0.3, -0.25) is 4.79 Å². The molecule has 7 nitrogen and oxygen atoms in total. The Bertz CT molecular complexity index is 1130. The number of halogens is 1. The largest absolute Gasteiger partial charge is 0.495 e. The summed E-state index contributed by atoms with van der Waals surface area (Å²) in [5.74, 6) is 1.28. The second-order valence-corrected chi connectivity index (χ2v) is 8.88. The van der Waals surface area contributed by atoms with E-state index in [9.17, 15) is 4.79 Å². The van der Waals surface area contributed by atoms with Gasteiger partial charge in [0.1, 0.15) is 11.0 Å². The van der Waals surface area contributed by atoms with Gasteiger partial charge in [0.25, 0.3) is 0 Å². The molecule has 1 amide bonds. The summed E-state index contributed by atoms with van der Waals surface area (Å²) in [6.45, 7) is 6.04. The van der Waals surface area contributed by atoms with E-state index in [0.717, 1.165) is 34.6 Å². The van der Waals surface area contributed by atoms with Crippen LogP contribution in [0.15, 0.2) is 41.6 Å². The van der Waals surface area contributed by atoms with Crippen molar-refractivity contribution in [2.24, 2.45) is 0 Å². The van der Waals surface area contributed by atoms with Crippen molar-refractivity contribution in [3.8, 4) is 5.75 Å². The van der Waals surface area contributed by atoms with Crippen LogP contribution < -0.4 is 15.5 Å². The monoisotopic (exact) mass is 457 g/mol. The molecule has 1 aliphatic rings. The van der Waals surface area contributed by atoms with Crippen LogP contribution in [-0.4, -0.2) is 33.1 Å². The first kappa shape index (κ1) is 21.5. The normalized spacial score (nSPS) is 17.6. The number of aryl methyl sites for hydroxylation is 2. The molecule has 1 aliphatic heterocycles. The average molecular weight is 458 g/mol. The highest BCUT2D eigenvalue weighted by Crippen LogP contribution is 2.39. The molecule has 0 aliphatic carbocycles. The Morgan fingerprint density at radius 2 is 2.10 bits per heavy atom. The van der Waals surface area contributed by atoms with E-state index < -0.39 is 5.25 Å². The van der Waals surface area contributed by atoms with E-state index in [2.05, 4.69) is 20.9 Å². The first-order valence-corrected chi connectivity index (χ1v) is 11.3. The summed E-state index contributed by atoms with van der Waals surface area (Å²) in [6.07, 6.45) is 0.718. The Kier molecular flexibility index (Phi) is 6.11. The zero-order chi connectivity index (χ0) is 22.1. The SMILES string of the molecule is CCc1nnc2n1N[C@H](c1ccc(OC)c(Cl)c1)[C@H](C(=O)Nc1cccc(C)c1C)S2. The van der Waals surface area contributed by atoms with Gasteiger partial charge in [0.15, 0.2) is 5.82 Å². The molecule has 4 rings (SSSR count). The summed E-state index contributed by atoms with van der Waals surface area (Å²) in [6, 6.07) is 11.1. The molecule has 0 unspecified atom stereocenters. The van der Waals surface area contributed by atoms with Gasteiger partial charge < -0.3 is 15.5 Å². The predicted molar refractivity (Wildman–Crippen MR) is 124 cm³/mol. The topological polar surface area (TPSA) is 81.1 Å². The van der Waals surface area contributed by atoms with Gasteiger partial charge in [0.05, 0.1) is 18.2 Å². The maximum absolute atomic E-state index is 13.4. The number of nitrogens with one attached hydrogen (secondary N) is 2. The number of hydrogen-bond acceptors (Lipinski definition) is 6. The predicted octanol–water partition coefficient (Wildman–Crippen LogP) is 4.52. The number of rotatable bonds is 5. The van der Waals surface area contributed by atoms with Gasteiger partial charge in [-0.15, -0.1) is 10.2 Å². The van der Waals surface area contributed by atoms with Crippen molar-refractivity contribution in [1.29, 1.82) is 0 Å². The summed E-state index contributed by atoms with van der Waals surface area (Å²) in [4.78, 5) is 13.4. The van der Waals surface area contributed by atoms with Gasteiger partial charge in [-0.2, -0.15) is 0 Å². The lowest BCUT2D eigenvalue weighted by molar-refractivity contribution is -0.116. The summed E-state index contributed by atoms with van der Waals surface area (Å²) in [7, 11) is 1.58. The molecule has 2 aromatic carbocycles. The summed E-state index contributed by atoms with van der Waals surface area (Å²) in [5.41, 5.74) is 7.28. The maximum Gasteiger partial charge on any atom is 0.240 e. The Labute approximate surface area is 190 Å². The number of anilines is 1. The molecule has 162 valence electrons. The van der Waals surface area contributed by atoms with Gasteiger partial charge in [-0.1, -0.05) is 48.5 Å². The van der Waals surface area contributed by atoms with Crippen LogP contribution in [0, 0.1) is 13.8 Å². The lowest BCUT2D eigenvalue weighted by Crippen LogP contribution is -2.41. The minimum Gasteiger partial charge on any atom is -0.495 e. The van der Waals surface area contributed by atoms with Crippen molar-refractivity contribution in [2.75, 3.05) is 17.9 Å². The van der Waals surface area contributed by atoms with Crippen molar-refractivity contribution in [2.45, 2.75) is 43.6 Å². The minimum atomic E-state index is -0.481. The van der Waals surface area contributed by atoms with E-state index in [1.54, 1.807) is 7.11 Å². The van der Waals surface area contributed by atoms with E-state index in [1.165, 1.54) is 11.8 Å². The molecule has 0 spiro atoms. The second-order valence-electron chi connectivity index (χ2n) is 7.36. The Morgan fingerprint density at radius 3 is 2.81 bits per heavy atom. The zero-order valence-electron chi connectivity index (χ0n) is 17.8. The number of aromatic nitrogens is 3. The van der Waals surface area contributed by atoms with Crippen LogP contribution in [0.5, 0.6) is 5.75 Å². The molecular weight excluding hydrogens is 434 g/mol. The number of amides is 1. The minimum absolute atomic E-state index is 0.115. The van der Waals surface area contributed by atoms with Gasteiger partial charge >= 0.3 is 0 Å². The Balaban J connectivity index is 1.71. The van der Waals surface area contributed by atoms with Gasteiger partial charge in [-0.25, -0.2) is 4.68 Å². The third-order valence-electron chi connectivity index (χ3n) is 5.48. The summed E-state index contributed by atoms with van der Waals surface area (Å²) >= 11 is 7.78. The molecule has 31 heavy (non-hydrogen) atoms. The number of benzene rings is 2. The summed E-state index contributed by atoms with van der Waals surface area (Å²) in [5, 5.41) is 12.3. The highest BCUT2D eigenvalue weighted by molar-refractivity contribution is 8.00. The third-order valence-corrected chi connectivity index (χ3v) is 6.99. The molecule has 9 heteroatoms. The van der Waals surface area contributed by atoms with E-state index in [0.29, 0.717) is 15.9 Å². The number of hydrogen-bond donors (Lipinski definition) is 2. The number of carbonyl (C=O) groups excluding carboxylic acids is 1. The van der Waals surface area contributed by atoms with Crippen molar-refractivity contribution >= 4 is 35.0 Å². The number of ether oxygens (including phenoxy) is 1. The van der Waals surface area contributed by atoms with Crippen LogP contribution in [0.3, 0.4) is 0 Å². The van der Waals surface area contributed by atoms with Crippen LogP contribution in [-0.2, 0) is 11.2 Å². The molecule has 0 saturated carbocycles. The van der Waals surface area contributed by atoms with E-state index in [4.69, 9.17) is 16.3 Å². The van der Waals surface area contributed by atoms with Crippen LogP contribution in [0.4, 0.5) is 5.69 Å². The van der Waals surface area contributed by atoms with Crippen molar-refractivity contribution in [3.05, 3.63) is 63.9 Å². The standard InChI is InChI=1S/C22H24ClN5O2S/c1-5-18-25-26-22-28(18)27-19(14-9-10-17(30-4)15(23)11-14)20(31-22)21(29)24-16-8-6-7-12(2)13(16)3/h6-11,19-20,27H,5H2,1-4H3,(H,24,29)/t19-,20-/m1/s1. The van der Waals surface area contributed by atoms with Gasteiger partial charge in [0.2, 0.25) is 11.1 Å². The fourth-order valence-corrected chi connectivity index (χ4v) is 4.91. The smallest absolute Gasteiger partial charge is 0.240 e. The van der Waals surface area contributed by atoms with Crippen molar-refractivity contribution in [3.63, 3.8) is 0 Å². The Morgan fingerprint density at radius 1 is 1.29 bits per heavy atom. The first-order chi connectivity index (χ1) is 14.9. The molecule has 0 radical (unpaired) electrons. The number of fused-ring (bicyclic) bond motifs is 1. The lowest BCUT2D eigenvalue weighted by atomic mass is 10.0. The number of nitrogens with zero attached hydrogens (tertiary/aromatic N) is 3. The quantitative estimate of drug-likeness (QED) is 0.586. The molecule has 2 N–H and O–H groups in total. The van der Waals surface area contributed by atoms with Crippen molar-refractivity contribution < 1.29 is 9.53 Å². The van der Waals surface area contributed by atoms with Crippen LogP contribution in [0.1, 0.15) is 35.5 Å². The van der Waals surface area contributed by atoms with Crippen LogP contribution in [0.25, 0.3) is 0 Å². The average Bonchev–Trinajstić information content (AvgIpc) is 3.18. The number of thioether (sulfide) groups is 1. The zero-order valence-corrected chi connectivity index (χ0v) is 19.3. The fraction of sp³-hybridized carbons (Fsp3) is 0.318. The molecule has 1 aromatic heterocycles. The van der Waals surface area contributed by atoms with Crippen LogP contribution in [0.2, 0.25) is 5.02 Å². The molecule has 0 saturated heterocycles. The number of carbonyl (C=O) groups is 1. The van der Waals surface area contributed by atoms with E-state index in [1.807, 2.05) is 61.8 Å². The van der Waals surface area contributed by atoms with E-state index in [-0.39, 0.29) is 11.9 Å². The van der Waals surface area contributed by atoms with Crippen LogP contribution >= 0.6 is 23.4 Å². The fourth-order valence-electron chi connectivity index (χ4n) is 3.54. The molecule has 2 heterocycles.